The van der Waals surface area contributed by atoms with Gasteiger partial charge in [0.05, 0.1) is 54.4 Å². The minimum absolute atomic E-state index is 0.226. The number of carbonyl (C=O) groups excluding carboxylic acids is 3. The molecule has 1 fully saturated rings. The second-order valence-electron chi connectivity index (χ2n) is 12.2. The summed E-state index contributed by atoms with van der Waals surface area (Å²) in [5.41, 5.74) is 0. The van der Waals surface area contributed by atoms with Gasteiger partial charge in [0, 0.05) is 0 Å². The molecule has 0 aliphatic carbocycles. The first-order valence-electron chi connectivity index (χ1n) is 14.7. The first kappa shape index (κ1) is 35.3. The van der Waals surface area contributed by atoms with Crippen LogP contribution in [0.4, 0.5) is 0 Å². The molecule has 1 aliphatic heterocycles. The van der Waals surface area contributed by atoms with Crippen LogP contribution in [-0.2, 0) is 28.6 Å². The smallest absolute Gasteiger partial charge is 0.311 e. The van der Waals surface area contributed by atoms with Crippen LogP contribution in [0.15, 0.2) is 0 Å². The molecule has 0 aromatic carbocycles. The van der Waals surface area contributed by atoms with E-state index in [0.717, 1.165) is 0 Å². The van der Waals surface area contributed by atoms with Crippen molar-refractivity contribution in [3.8, 4) is 0 Å². The van der Waals surface area contributed by atoms with Gasteiger partial charge in [-0.2, -0.15) is 0 Å². The molecule has 3 N–H and O–H groups in total. The summed E-state index contributed by atoms with van der Waals surface area (Å²) in [7, 11) is 0. The largest absolute Gasteiger partial charge is 0.462 e. The van der Waals surface area contributed by atoms with Gasteiger partial charge in [-0.25, -0.2) is 0 Å². The van der Waals surface area contributed by atoms with E-state index in [-0.39, 0.29) is 17.8 Å². The third-order valence-electron chi connectivity index (χ3n) is 8.44. The second kappa shape index (κ2) is 16.5. The summed E-state index contributed by atoms with van der Waals surface area (Å²) in [6, 6.07) is 0. The fourth-order valence-electron chi connectivity index (χ4n) is 5.00. The Bertz CT molecular complexity index is 672. The lowest BCUT2D eigenvalue weighted by atomic mass is 9.88. The highest BCUT2D eigenvalue weighted by atomic mass is 16.6. The van der Waals surface area contributed by atoms with Gasteiger partial charge in [0.1, 0.15) is 0 Å². The number of aliphatic hydroxyl groups is 3. The number of hydrogen-bond acceptors (Lipinski definition) is 9. The summed E-state index contributed by atoms with van der Waals surface area (Å²) in [6.07, 6.45) is -0.872. The lowest BCUT2D eigenvalue weighted by Crippen LogP contribution is -2.36. The molecule has 9 nitrogen and oxygen atoms in total. The first-order valence-corrected chi connectivity index (χ1v) is 14.7. The zero-order valence-electron chi connectivity index (χ0n) is 25.5. The standard InChI is InChI=1S/C30H54O9/c1-16-10-13-19(4)37-29(35)23(8)26(32)18(3)12-15-21(6)39-30(36)24(9)27(33)17(2)11-14-20(5)38-28(34)22(7)25(16)31/h16-27,31-33H,10-15H2,1-9H3/t16-,17-,18-,19-,20+,21+,22-,23-,24-,25-,26-,27+/m0/s1. The van der Waals surface area contributed by atoms with Crippen LogP contribution >= 0.6 is 0 Å². The SMILES string of the molecule is C[C@@H]1CC[C@H](C)[C@@H](O)[C@H](C)C(=O)O[C@H](C)CC[C@H](C)[C@H](O)[C@H](C)C(=O)O[C@@H](C)CC[C@H](C)[C@H](O)[C@H](C)C(=O)O1. The van der Waals surface area contributed by atoms with Crippen LogP contribution in [-0.4, -0.2) is 69.9 Å². The zero-order valence-corrected chi connectivity index (χ0v) is 25.5. The maximum atomic E-state index is 12.7. The van der Waals surface area contributed by atoms with Crippen molar-refractivity contribution in [3.05, 3.63) is 0 Å². The van der Waals surface area contributed by atoms with Gasteiger partial charge in [-0.15, -0.1) is 0 Å². The van der Waals surface area contributed by atoms with E-state index in [1.807, 2.05) is 20.8 Å². The third kappa shape index (κ3) is 11.4. The van der Waals surface area contributed by atoms with Crippen molar-refractivity contribution < 1.29 is 43.9 Å². The molecule has 1 saturated heterocycles. The molecule has 9 heteroatoms. The Morgan fingerprint density at radius 3 is 0.846 bits per heavy atom. The summed E-state index contributed by atoms with van der Waals surface area (Å²) in [4.78, 5) is 38.0. The molecule has 0 spiro atoms. The Kier molecular flexibility index (Phi) is 15.0. The van der Waals surface area contributed by atoms with Crippen LogP contribution < -0.4 is 0 Å². The van der Waals surface area contributed by atoms with E-state index in [4.69, 9.17) is 14.2 Å². The molecule has 0 radical (unpaired) electrons. The minimum Gasteiger partial charge on any atom is -0.462 e. The Balaban J connectivity index is 3.01. The number of ether oxygens (including phenoxy) is 3. The second-order valence-corrected chi connectivity index (χ2v) is 12.2. The van der Waals surface area contributed by atoms with Crippen molar-refractivity contribution in [2.75, 3.05) is 0 Å². The van der Waals surface area contributed by atoms with E-state index in [0.29, 0.717) is 38.5 Å². The summed E-state index contributed by atoms with van der Waals surface area (Å²) in [5, 5.41) is 32.2. The number of rotatable bonds is 0. The summed E-state index contributed by atoms with van der Waals surface area (Å²) >= 11 is 0. The molecule has 1 rings (SSSR count). The molecular formula is C30H54O9. The minimum atomic E-state index is -0.922. The number of cyclic esters (lactones) is 3. The summed E-state index contributed by atoms with van der Waals surface area (Å²) in [6.45, 7) is 15.8. The number of esters is 3. The summed E-state index contributed by atoms with van der Waals surface area (Å²) in [5.74, 6) is -4.36. The lowest BCUT2D eigenvalue weighted by Gasteiger charge is -2.29. The Labute approximate surface area is 235 Å². The zero-order chi connectivity index (χ0) is 30.0. The van der Waals surface area contributed by atoms with Gasteiger partial charge in [0.2, 0.25) is 0 Å². The highest BCUT2D eigenvalue weighted by molar-refractivity contribution is 5.73. The van der Waals surface area contributed by atoms with E-state index in [2.05, 4.69) is 0 Å². The van der Waals surface area contributed by atoms with Crippen molar-refractivity contribution in [3.63, 3.8) is 0 Å². The van der Waals surface area contributed by atoms with Gasteiger partial charge in [-0.3, -0.25) is 14.4 Å². The molecule has 0 aromatic heterocycles. The third-order valence-corrected chi connectivity index (χ3v) is 8.44. The maximum absolute atomic E-state index is 12.7. The molecule has 1 heterocycles. The monoisotopic (exact) mass is 558 g/mol. The van der Waals surface area contributed by atoms with Crippen molar-refractivity contribution in [1.29, 1.82) is 0 Å². The van der Waals surface area contributed by atoms with E-state index in [1.54, 1.807) is 41.5 Å². The predicted octanol–water partition coefficient (Wildman–Crippen LogP) is 4.04. The van der Waals surface area contributed by atoms with E-state index in [1.165, 1.54) is 0 Å². The molecule has 39 heavy (non-hydrogen) atoms. The van der Waals surface area contributed by atoms with Gasteiger partial charge in [0.15, 0.2) is 0 Å². The van der Waals surface area contributed by atoms with Crippen LogP contribution in [0.1, 0.15) is 101 Å². The lowest BCUT2D eigenvalue weighted by molar-refractivity contribution is -0.158. The van der Waals surface area contributed by atoms with Crippen molar-refractivity contribution in [2.45, 2.75) is 137 Å². The van der Waals surface area contributed by atoms with Crippen molar-refractivity contribution in [2.24, 2.45) is 35.5 Å². The fourth-order valence-corrected chi connectivity index (χ4v) is 5.00. The topological polar surface area (TPSA) is 140 Å². The molecule has 0 bridgehead atoms. The molecule has 0 saturated carbocycles. The summed E-state index contributed by atoms with van der Waals surface area (Å²) < 4.78 is 16.7. The first-order chi connectivity index (χ1) is 18.1. The predicted molar refractivity (Wildman–Crippen MR) is 147 cm³/mol. The maximum Gasteiger partial charge on any atom is 0.311 e. The van der Waals surface area contributed by atoms with Gasteiger partial charge in [0.25, 0.3) is 0 Å². The average Bonchev–Trinajstić information content (AvgIpc) is 2.89. The molecule has 12 atom stereocenters. The van der Waals surface area contributed by atoms with Crippen LogP contribution in [0.5, 0.6) is 0 Å². The number of carbonyl (C=O) groups is 3. The number of hydrogen-bond donors (Lipinski definition) is 3. The molecule has 0 unspecified atom stereocenters. The van der Waals surface area contributed by atoms with Gasteiger partial charge in [-0.1, -0.05) is 20.8 Å². The Morgan fingerprint density at radius 2 is 0.641 bits per heavy atom. The molecule has 228 valence electrons. The normalized spacial score (nSPS) is 42.0. The van der Waals surface area contributed by atoms with E-state index in [9.17, 15) is 29.7 Å². The van der Waals surface area contributed by atoms with Crippen LogP contribution in [0.2, 0.25) is 0 Å². The van der Waals surface area contributed by atoms with Crippen LogP contribution in [0.3, 0.4) is 0 Å². The van der Waals surface area contributed by atoms with Crippen molar-refractivity contribution >= 4 is 17.9 Å². The average molecular weight is 559 g/mol. The van der Waals surface area contributed by atoms with Crippen LogP contribution in [0.25, 0.3) is 0 Å². The van der Waals surface area contributed by atoms with Gasteiger partial charge >= 0.3 is 17.9 Å². The highest BCUT2D eigenvalue weighted by Gasteiger charge is 2.33. The van der Waals surface area contributed by atoms with Crippen molar-refractivity contribution in [1.82, 2.24) is 0 Å². The van der Waals surface area contributed by atoms with E-state index < -0.39 is 72.3 Å². The fraction of sp³-hybridized carbons (Fsp3) is 0.900. The molecular weight excluding hydrogens is 504 g/mol. The molecule has 1 aliphatic rings. The number of aliphatic hydroxyl groups excluding tert-OH is 3. The van der Waals surface area contributed by atoms with Crippen LogP contribution in [0, 0.1) is 35.5 Å². The van der Waals surface area contributed by atoms with E-state index >= 15 is 0 Å². The Hall–Kier alpha value is -1.71. The quantitative estimate of drug-likeness (QED) is 0.297. The van der Waals surface area contributed by atoms with Gasteiger partial charge < -0.3 is 29.5 Å². The molecule has 0 aromatic rings. The van der Waals surface area contributed by atoms with Gasteiger partial charge in [-0.05, 0) is 97.8 Å². The Morgan fingerprint density at radius 1 is 0.436 bits per heavy atom. The molecule has 0 amide bonds. The highest BCUT2D eigenvalue weighted by Crippen LogP contribution is 2.26.